The van der Waals surface area contributed by atoms with E-state index in [0.29, 0.717) is 15.7 Å². The average molecular weight is 571 g/mol. The zero-order chi connectivity index (χ0) is 27.9. The number of nitrogens with one attached hydrogen (secondary N) is 1. The smallest absolute Gasteiger partial charge is 0.242 e. The first-order valence-electron chi connectivity index (χ1n) is 12.3. The first-order chi connectivity index (χ1) is 17.2. The van der Waals surface area contributed by atoms with E-state index in [1.165, 1.54) is 9.21 Å². The number of amides is 2. The van der Waals surface area contributed by atoms with Gasteiger partial charge in [0.05, 0.1) is 22.0 Å². The first-order valence-corrected chi connectivity index (χ1v) is 14.9. The average Bonchev–Trinajstić information content (AvgIpc) is 2.82. The van der Waals surface area contributed by atoms with Crippen LogP contribution in [0.4, 0.5) is 5.69 Å². The van der Waals surface area contributed by atoms with E-state index in [0.717, 1.165) is 29.4 Å². The largest absolute Gasteiger partial charge is 0.352 e. The molecule has 0 fully saturated rings. The number of aryl methyl sites for hydroxylation is 2. The minimum absolute atomic E-state index is 0.0295. The predicted molar refractivity (Wildman–Crippen MR) is 152 cm³/mol. The highest BCUT2D eigenvalue weighted by molar-refractivity contribution is 7.92. The monoisotopic (exact) mass is 569 g/mol. The van der Waals surface area contributed by atoms with Gasteiger partial charge < -0.3 is 10.2 Å². The molecule has 0 heterocycles. The molecule has 7 nitrogen and oxygen atoms in total. The van der Waals surface area contributed by atoms with Gasteiger partial charge in [-0.3, -0.25) is 13.9 Å². The summed E-state index contributed by atoms with van der Waals surface area (Å²) in [4.78, 5) is 27.8. The zero-order valence-electron chi connectivity index (χ0n) is 22.3. The van der Waals surface area contributed by atoms with Gasteiger partial charge in [-0.2, -0.15) is 0 Å². The van der Waals surface area contributed by atoms with E-state index < -0.39 is 16.1 Å². The van der Waals surface area contributed by atoms with Crippen LogP contribution in [0.3, 0.4) is 0 Å². The highest BCUT2D eigenvalue weighted by atomic mass is 35.5. The molecular weight excluding hydrogens is 533 g/mol. The number of anilines is 1. The van der Waals surface area contributed by atoms with Crippen LogP contribution in [-0.2, 0) is 26.2 Å². The number of carbonyl (C=O) groups is 2. The molecule has 37 heavy (non-hydrogen) atoms. The molecule has 10 heteroatoms. The molecule has 2 aromatic rings. The summed E-state index contributed by atoms with van der Waals surface area (Å²) in [6.07, 6.45) is 2.27. The van der Waals surface area contributed by atoms with Crippen molar-refractivity contribution >= 4 is 50.7 Å². The fourth-order valence-corrected chi connectivity index (χ4v) is 5.05. The quantitative estimate of drug-likeness (QED) is 0.366. The van der Waals surface area contributed by atoms with Gasteiger partial charge in [-0.15, -0.1) is 0 Å². The zero-order valence-corrected chi connectivity index (χ0v) is 24.7. The third-order valence-corrected chi connectivity index (χ3v) is 8.37. The molecule has 0 radical (unpaired) electrons. The Balaban J connectivity index is 2.22. The van der Waals surface area contributed by atoms with Crippen molar-refractivity contribution in [2.24, 2.45) is 0 Å². The lowest BCUT2D eigenvalue weighted by atomic mass is 10.1. The number of halogens is 2. The van der Waals surface area contributed by atoms with Crippen molar-refractivity contribution in [3.05, 3.63) is 63.1 Å². The van der Waals surface area contributed by atoms with Crippen molar-refractivity contribution in [3.63, 3.8) is 0 Å². The van der Waals surface area contributed by atoms with Crippen LogP contribution >= 0.6 is 23.2 Å². The van der Waals surface area contributed by atoms with Crippen LogP contribution in [0.2, 0.25) is 10.0 Å². The molecule has 0 saturated carbocycles. The van der Waals surface area contributed by atoms with Crippen molar-refractivity contribution in [1.82, 2.24) is 10.2 Å². The van der Waals surface area contributed by atoms with E-state index in [1.54, 1.807) is 31.2 Å². The highest BCUT2D eigenvalue weighted by Crippen LogP contribution is 2.25. The minimum atomic E-state index is -3.55. The maximum atomic E-state index is 13.4. The summed E-state index contributed by atoms with van der Waals surface area (Å²) in [5.41, 5.74) is 3.34. The standard InChI is InChI=1S/C27H37Cl2N3O4S/c1-7-20(4)30-27(34)21(5)31(17-22-11-13-24(28)25(29)16-22)26(33)9-8-14-32(37(6,35)36)23-12-10-18(2)19(3)15-23/h10-13,15-16,20-21H,7-9,14,17H2,1-6H3,(H,30,34)/t20-,21-/m1/s1. The molecule has 204 valence electrons. The summed E-state index contributed by atoms with van der Waals surface area (Å²) in [6.45, 7) is 9.75. The molecule has 0 aliphatic rings. The van der Waals surface area contributed by atoms with Crippen LogP contribution in [0.1, 0.15) is 56.7 Å². The maximum Gasteiger partial charge on any atom is 0.242 e. The van der Waals surface area contributed by atoms with E-state index in [4.69, 9.17) is 23.2 Å². The van der Waals surface area contributed by atoms with E-state index >= 15 is 0 Å². The number of hydrogen-bond donors (Lipinski definition) is 1. The van der Waals surface area contributed by atoms with Gasteiger partial charge in [0.1, 0.15) is 6.04 Å². The SMILES string of the molecule is CC[C@@H](C)NC(=O)[C@@H](C)N(Cc1ccc(Cl)c(Cl)c1)C(=O)CCCN(c1ccc(C)c(C)c1)S(C)(=O)=O. The van der Waals surface area contributed by atoms with E-state index in [1.807, 2.05) is 39.8 Å². The Morgan fingerprint density at radius 1 is 1.00 bits per heavy atom. The maximum absolute atomic E-state index is 13.4. The van der Waals surface area contributed by atoms with Gasteiger partial charge in [0.15, 0.2) is 0 Å². The Bertz CT molecular complexity index is 1220. The van der Waals surface area contributed by atoms with Gasteiger partial charge in [0.25, 0.3) is 0 Å². The third-order valence-electron chi connectivity index (χ3n) is 6.44. The molecule has 2 amide bonds. The molecule has 0 aliphatic heterocycles. The Morgan fingerprint density at radius 2 is 1.68 bits per heavy atom. The van der Waals surface area contributed by atoms with Crippen molar-refractivity contribution in [3.8, 4) is 0 Å². The molecule has 0 aromatic heterocycles. The lowest BCUT2D eigenvalue weighted by molar-refractivity contribution is -0.140. The molecule has 2 rings (SSSR count). The Kier molecular flexibility index (Phi) is 11.3. The number of rotatable bonds is 12. The molecule has 2 atom stereocenters. The highest BCUT2D eigenvalue weighted by Gasteiger charge is 2.27. The number of nitrogens with zero attached hydrogens (tertiary/aromatic N) is 2. The van der Waals surface area contributed by atoms with Gasteiger partial charge in [0, 0.05) is 25.6 Å². The van der Waals surface area contributed by atoms with Crippen LogP contribution < -0.4 is 9.62 Å². The fourth-order valence-electron chi connectivity index (χ4n) is 3.77. The summed E-state index contributed by atoms with van der Waals surface area (Å²) in [5, 5.41) is 3.69. The predicted octanol–water partition coefficient (Wildman–Crippen LogP) is 5.49. The second kappa shape index (κ2) is 13.5. The third kappa shape index (κ3) is 8.90. The summed E-state index contributed by atoms with van der Waals surface area (Å²) < 4.78 is 26.4. The summed E-state index contributed by atoms with van der Waals surface area (Å²) in [6, 6.07) is 9.80. The topological polar surface area (TPSA) is 86.8 Å². The number of hydrogen-bond acceptors (Lipinski definition) is 4. The Labute approximate surface area is 231 Å². The second-order valence-corrected chi connectivity index (χ2v) is 12.2. The Hall–Kier alpha value is -2.29. The minimum Gasteiger partial charge on any atom is -0.352 e. The first kappa shape index (κ1) is 30.9. The summed E-state index contributed by atoms with van der Waals surface area (Å²) in [7, 11) is -3.55. The van der Waals surface area contributed by atoms with Crippen LogP contribution in [-0.4, -0.2) is 50.0 Å². The van der Waals surface area contributed by atoms with Gasteiger partial charge >= 0.3 is 0 Å². The van der Waals surface area contributed by atoms with E-state index in [9.17, 15) is 18.0 Å². The molecule has 0 spiro atoms. The van der Waals surface area contributed by atoms with Crippen LogP contribution in [0.5, 0.6) is 0 Å². The molecule has 2 aromatic carbocycles. The molecule has 0 saturated heterocycles. The summed E-state index contributed by atoms with van der Waals surface area (Å²) in [5.74, 6) is -0.512. The van der Waals surface area contributed by atoms with Crippen molar-refractivity contribution in [2.75, 3.05) is 17.1 Å². The lowest BCUT2D eigenvalue weighted by Gasteiger charge is -2.30. The van der Waals surface area contributed by atoms with E-state index in [-0.39, 0.29) is 43.8 Å². The van der Waals surface area contributed by atoms with Gasteiger partial charge in [-0.1, -0.05) is 42.3 Å². The second-order valence-electron chi connectivity index (χ2n) is 9.47. The Morgan fingerprint density at radius 3 is 2.24 bits per heavy atom. The number of benzene rings is 2. The van der Waals surface area contributed by atoms with Crippen molar-refractivity contribution < 1.29 is 18.0 Å². The van der Waals surface area contributed by atoms with Crippen LogP contribution in [0, 0.1) is 13.8 Å². The van der Waals surface area contributed by atoms with Crippen LogP contribution in [0.25, 0.3) is 0 Å². The number of sulfonamides is 1. The molecular formula is C27H37Cl2N3O4S. The van der Waals surface area contributed by atoms with Crippen molar-refractivity contribution in [2.45, 2.75) is 72.5 Å². The normalized spacial score (nSPS) is 13.1. The lowest BCUT2D eigenvalue weighted by Crippen LogP contribution is -2.49. The molecule has 0 unspecified atom stereocenters. The molecule has 0 bridgehead atoms. The fraction of sp³-hybridized carbons (Fsp3) is 0.481. The van der Waals surface area contributed by atoms with Gasteiger partial charge in [-0.05, 0) is 81.5 Å². The molecule has 1 N–H and O–H groups in total. The van der Waals surface area contributed by atoms with Crippen LogP contribution in [0.15, 0.2) is 36.4 Å². The summed E-state index contributed by atoms with van der Waals surface area (Å²) >= 11 is 12.2. The van der Waals surface area contributed by atoms with Crippen molar-refractivity contribution in [1.29, 1.82) is 0 Å². The molecule has 0 aliphatic carbocycles. The number of carbonyl (C=O) groups excluding carboxylic acids is 2. The van der Waals surface area contributed by atoms with Gasteiger partial charge in [0.2, 0.25) is 21.8 Å². The van der Waals surface area contributed by atoms with Gasteiger partial charge in [-0.25, -0.2) is 8.42 Å². The van der Waals surface area contributed by atoms with E-state index in [2.05, 4.69) is 5.32 Å².